The molecule has 0 fully saturated rings. The second-order valence-corrected chi connectivity index (χ2v) is 5.75. The molecule has 0 bridgehead atoms. The number of carbonyl (C=O) groups excluding carboxylic acids is 1. The minimum absolute atomic E-state index is 0.320. The lowest BCUT2D eigenvalue weighted by Gasteiger charge is -2.13. The zero-order valence-corrected chi connectivity index (χ0v) is 15.4. The van der Waals surface area contributed by atoms with E-state index in [4.69, 9.17) is 14.2 Å². The Hall–Kier alpha value is -3.48. The molecule has 1 amide bonds. The molecule has 0 aliphatic heterocycles. The Morgan fingerprint density at radius 3 is 2.26 bits per heavy atom. The number of methoxy groups -OCH3 is 3. The Balaban J connectivity index is 1.76. The van der Waals surface area contributed by atoms with Crippen LogP contribution in [-0.4, -0.2) is 37.0 Å². The molecule has 0 spiro atoms. The zero-order chi connectivity index (χ0) is 19.2. The molecule has 1 aromatic heterocycles. The number of hydrogen-bond donors (Lipinski definition) is 1. The predicted octanol–water partition coefficient (Wildman–Crippen LogP) is 3.21. The Bertz CT molecular complexity index is 897. The molecule has 7 heteroatoms. The van der Waals surface area contributed by atoms with Gasteiger partial charge in [0.15, 0.2) is 17.3 Å². The van der Waals surface area contributed by atoms with Gasteiger partial charge in [0.05, 0.1) is 27.9 Å². The van der Waals surface area contributed by atoms with Gasteiger partial charge >= 0.3 is 0 Å². The summed E-state index contributed by atoms with van der Waals surface area (Å²) >= 11 is 0. The summed E-state index contributed by atoms with van der Waals surface area (Å²) in [6.07, 6.45) is 1.82. The highest BCUT2D eigenvalue weighted by Gasteiger charge is 2.17. The van der Waals surface area contributed by atoms with Gasteiger partial charge in [-0.25, -0.2) is 0 Å². The third-order valence-electron chi connectivity index (χ3n) is 4.00. The monoisotopic (exact) mass is 367 g/mol. The number of hydrogen-bond acceptors (Lipinski definition) is 5. The smallest absolute Gasteiger partial charge is 0.257 e. The second-order valence-electron chi connectivity index (χ2n) is 5.75. The van der Waals surface area contributed by atoms with Crippen molar-refractivity contribution < 1.29 is 19.0 Å². The molecule has 3 aromatic rings. The lowest BCUT2D eigenvalue weighted by Crippen LogP contribution is -2.13. The van der Waals surface area contributed by atoms with Crippen molar-refractivity contribution in [2.24, 2.45) is 0 Å². The Kier molecular flexibility index (Phi) is 5.61. The highest BCUT2D eigenvalue weighted by molar-refractivity contribution is 6.04. The number of anilines is 1. The third kappa shape index (κ3) is 4.20. The van der Waals surface area contributed by atoms with Gasteiger partial charge in [0.2, 0.25) is 5.75 Å². The Morgan fingerprint density at radius 2 is 1.67 bits per heavy atom. The zero-order valence-electron chi connectivity index (χ0n) is 15.4. The lowest BCUT2D eigenvalue weighted by molar-refractivity contribution is 0.102. The number of nitrogens with zero attached hydrogens (tertiary/aromatic N) is 2. The largest absolute Gasteiger partial charge is 0.493 e. The van der Waals surface area contributed by atoms with Crippen LogP contribution in [0, 0.1) is 0 Å². The standard InChI is InChI=1S/C20H21N3O4/c1-25-16-11-15(12-17(26-2)19(16)27-3)20(24)21-18-9-10-23(22-18)13-14-7-5-4-6-8-14/h4-12H,13H2,1-3H3,(H,21,22,24). The van der Waals surface area contributed by atoms with Gasteiger partial charge in [-0.1, -0.05) is 30.3 Å². The summed E-state index contributed by atoms with van der Waals surface area (Å²) < 4.78 is 17.6. The molecule has 140 valence electrons. The molecule has 2 aromatic carbocycles. The summed E-state index contributed by atoms with van der Waals surface area (Å²) in [4.78, 5) is 12.6. The van der Waals surface area contributed by atoms with Crippen molar-refractivity contribution in [2.75, 3.05) is 26.6 Å². The van der Waals surface area contributed by atoms with E-state index in [0.717, 1.165) is 5.56 Å². The van der Waals surface area contributed by atoms with Crippen molar-refractivity contribution in [1.82, 2.24) is 9.78 Å². The third-order valence-corrected chi connectivity index (χ3v) is 4.00. The van der Waals surface area contributed by atoms with E-state index in [0.29, 0.717) is 35.2 Å². The minimum atomic E-state index is -0.320. The van der Waals surface area contributed by atoms with E-state index in [1.165, 1.54) is 21.3 Å². The predicted molar refractivity (Wildman–Crippen MR) is 102 cm³/mol. The molecule has 0 radical (unpaired) electrons. The van der Waals surface area contributed by atoms with Crippen LogP contribution in [0.3, 0.4) is 0 Å². The summed E-state index contributed by atoms with van der Waals surface area (Å²) in [5, 5.41) is 7.17. The van der Waals surface area contributed by atoms with Gasteiger partial charge in [-0.3, -0.25) is 9.48 Å². The van der Waals surface area contributed by atoms with Crippen LogP contribution in [0.2, 0.25) is 0 Å². The molecule has 7 nitrogen and oxygen atoms in total. The number of ether oxygens (including phenoxy) is 3. The number of carbonyl (C=O) groups is 1. The first-order valence-corrected chi connectivity index (χ1v) is 8.33. The van der Waals surface area contributed by atoms with Crippen LogP contribution in [0.5, 0.6) is 17.2 Å². The minimum Gasteiger partial charge on any atom is -0.493 e. The number of aromatic nitrogens is 2. The fraction of sp³-hybridized carbons (Fsp3) is 0.200. The molecule has 0 saturated carbocycles. The van der Waals surface area contributed by atoms with E-state index in [9.17, 15) is 4.79 Å². The van der Waals surface area contributed by atoms with Gasteiger partial charge < -0.3 is 19.5 Å². The van der Waals surface area contributed by atoms with Crippen LogP contribution >= 0.6 is 0 Å². The average molecular weight is 367 g/mol. The summed E-state index contributed by atoms with van der Waals surface area (Å²) in [5.74, 6) is 1.40. The summed E-state index contributed by atoms with van der Waals surface area (Å²) in [6, 6.07) is 14.9. The van der Waals surface area contributed by atoms with E-state index in [2.05, 4.69) is 10.4 Å². The van der Waals surface area contributed by atoms with Crippen LogP contribution in [0.25, 0.3) is 0 Å². The van der Waals surface area contributed by atoms with Gasteiger partial charge in [-0.15, -0.1) is 0 Å². The van der Waals surface area contributed by atoms with Crippen LogP contribution in [-0.2, 0) is 6.54 Å². The fourth-order valence-corrected chi connectivity index (χ4v) is 2.69. The van der Waals surface area contributed by atoms with Gasteiger partial charge in [0.1, 0.15) is 0 Å². The van der Waals surface area contributed by atoms with Crippen molar-refractivity contribution >= 4 is 11.7 Å². The molecule has 0 aliphatic carbocycles. The molecular weight excluding hydrogens is 346 g/mol. The molecule has 0 aliphatic rings. The normalized spacial score (nSPS) is 10.3. The number of rotatable bonds is 7. The average Bonchev–Trinajstić information content (AvgIpc) is 3.14. The van der Waals surface area contributed by atoms with Crippen LogP contribution in [0.15, 0.2) is 54.7 Å². The SMILES string of the molecule is COc1cc(C(=O)Nc2ccn(Cc3ccccc3)n2)cc(OC)c1OC. The van der Waals surface area contributed by atoms with Gasteiger partial charge in [-0.2, -0.15) is 5.10 Å². The second kappa shape index (κ2) is 8.27. The van der Waals surface area contributed by atoms with Crippen LogP contribution in [0.4, 0.5) is 5.82 Å². The maximum Gasteiger partial charge on any atom is 0.257 e. The summed E-state index contributed by atoms with van der Waals surface area (Å²) in [7, 11) is 4.52. The van der Waals surface area contributed by atoms with Crippen molar-refractivity contribution in [1.29, 1.82) is 0 Å². The van der Waals surface area contributed by atoms with Crippen molar-refractivity contribution in [3.05, 3.63) is 65.9 Å². The molecular formula is C20H21N3O4. The van der Waals surface area contributed by atoms with Gasteiger partial charge in [0, 0.05) is 17.8 Å². The van der Waals surface area contributed by atoms with Gasteiger partial charge in [-0.05, 0) is 17.7 Å². The maximum absolute atomic E-state index is 12.6. The van der Waals surface area contributed by atoms with Crippen LogP contribution in [0.1, 0.15) is 15.9 Å². The van der Waals surface area contributed by atoms with E-state index in [1.54, 1.807) is 22.9 Å². The molecule has 1 heterocycles. The lowest BCUT2D eigenvalue weighted by atomic mass is 10.1. The molecule has 3 rings (SSSR count). The number of amides is 1. The quantitative estimate of drug-likeness (QED) is 0.694. The fourth-order valence-electron chi connectivity index (χ4n) is 2.69. The van der Waals surface area contributed by atoms with Crippen molar-refractivity contribution in [3.63, 3.8) is 0 Å². The van der Waals surface area contributed by atoms with Crippen molar-refractivity contribution in [3.8, 4) is 17.2 Å². The van der Waals surface area contributed by atoms with Gasteiger partial charge in [0.25, 0.3) is 5.91 Å². The Morgan fingerprint density at radius 1 is 1.00 bits per heavy atom. The molecule has 0 atom stereocenters. The Labute approximate surface area is 157 Å². The molecule has 0 unspecified atom stereocenters. The highest BCUT2D eigenvalue weighted by Crippen LogP contribution is 2.38. The molecule has 0 saturated heterocycles. The first-order valence-electron chi connectivity index (χ1n) is 8.33. The van der Waals surface area contributed by atoms with E-state index < -0.39 is 0 Å². The van der Waals surface area contributed by atoms with E-state index in [1.807, 2.05) is 36.5 Å². The molecule has 27 heavy (non-hydrogen) atoms. The topological polar surface area (TPSA) is 74.6 Å². The summed E-state index contributed by atoms with van der Waals surface area (Å²) in [6.45, 7) is 0.626. The van der Waals surface area contributed by atoms with E-state index >= 15 is 0 Å². The van der Waals surface area contributed by atoms with E-state index in [-0.39, 0.29) is 5.91 Å². The highest BCUT2D eigenvalue weighted by atomic mass is 16.5. The number of nitrogens with one attached hydrogen (secondary N) is 1. The number of benzene rings is 2. The van der Waals surface area contributed by atoms with Crippen molar-refractivity contribution in [2.45, 2.75) is 6.54 Å². The molecule has 1 N–H and O–H groups in total. The first kappa shape index (κ1) is 18.3. The maximum atomic E-state index is 12.6. The first-order chi connectivity index (χ1) is 13.1. The van der Waals surface area contributed by atoms with Crippen LogP contribution < -0.4 is 19.5 Å². The summed E-state index contributed by atoms with van der Waals surface area (Å²) in [5.41, 5.74) is 1.50.